The highest BCUT2D eigenvalue weighted by molar-refractivity contribution is 6.12. The number of nitrogens with zero attached hydrogens (tertiary/aromatic N) is 4. The van der Waals surface area contributed by atoms with Crippen LogP contribution in [0, 0.1) is 0 Å². The Morgan fingerprint density at radius 2 is 2.00 bits per heavy atom. The van der Waals surface area contributed by atoms with Gasteiger partial charge in [-0.15, -0.1) is 0 Å². The minimum atomic E-state index is -0.219. The third-order valence-electron chi connectivity index (χ3n) is 5.87. The van der Waals surface area contributed by atoms with Gasteiger partial charge < -0.3 is 25.2 Å². The van der Waals surface area contributed by atoms with Crippen LogP contribution in [0.2, 0.25) is 0 Å². The van der Waals surface area contributed by atoms with Gasteiger partial charge in [0.1, 0.15) is 11.6 Å². The summed E-state index contributed by atoms with van der Waals surface area (Å²) in [7, 11) is 1.76. The van der Waals surface area contributed by atoms with Crippen LogP contribution in [0.3, 0.4) is 0 Å². The lowest BCUT2D eigenvalue weighted by atomic mass is 10.1. The molecule has 0 saturated carbocycles. The lowest BCUT2D eigenvalue weighted by molar-refractivity contribution is 0.0994. The number of aromatic nitrogens is 2. The third kappa shape index (κ3) is 3.71. The van der Waals surface area contributed by atoms with Crippen molar-refractivity contribution in [1.82, 2.24) is 15.3 Å². The molecule has 4 heterocycles. The maximum atomic E-state index is 13.3. The number of ether oxygens (including phenoxy) is 1. The molecule has 5 rings (SSSR count). The van der Waals surface area contributed by atoms with E-state index < -0.39 is 0 Å². The minimum absolute atomic E-state index is 0.121. The van der Waals surface area contributed by atoms with E-state index in [4.69, 9.17) is 4.74 Å². The standard InChI is InChI=1S/C24H24N6O3/c1-3-30-21-16(23(31)29(2)19-7-5-10-25-22(19)30)12-15(13-26-21)9-11-33-20-8-4-6-18-17(20)14-27-24(32)28-18/h4-8,10,12-13H,3,9,11,14H2,1-2H3,(H2,27,28,32). The molecule has 0 bridgehead atoms. The van der Waals surface area contributed by atoms with Crippen LogP contribution in [0.4, 0.5) is 27.8 Å². The quantitative estimate of drug-likeness (QED) is 0.625. The zero-order valence-electron chi connectivity index (χ0n) is 18.5. The number of hydrogen-bond acceptors (Lipinski definition) is 6. The molecule has 0 aliphatic carbocycles. The molecule has 33 heavy (non-hydrogen) atoms. The Hall–Kier alpha value is -4.14. The van der Waals surface area contributed by atoms with Gasteiger partial charge in [-0.05, 0) is 42.8 Å². The van der Waals surface area contributed by atoms with Crippen LogP contribution in [0.25, 0.3) is 0 Å². The Labute approximate surface area is 191 Å². The van der Waals surface area contributed by atoms with E-state index in [0.717, 1.165) is 28.3 Å². The molecule has 1 aromatic carbocycles. The van der Waals surface area contributed by atoms with Crippen molar-refractivity contribution in [2.75, 3.05) is 35.3 Å². The van der Waals surface area contributed by atoms with E-state index in [9.17, 15) is 9.59 Å². The molecule has 0 unspecified atom stereocenters. The maximum absolute atomic E-state index is 13.3. The zero-order valence-corrected chi connectivity index (χ0v) is 18.5. The first kappa shape index (κ1) is 20.7. The molecule has 9 nitrogen and oxygen atoms in total. The summed E-state index contributed by atoms with van der Waals surface area (Å²) < 4.78 is 6.02. The molecule has 9 heteroatoms. The number of amides is 3. The summed E-state index contributed by atoms with van der Waals surface area (Å²) in [5.74, 6) is 1.92. The van der Waals surface area contributed by atoms with Crippen molar-refractivity contribution in [1.29, 1.82) is 0 Å². The summed E-state index contributed by atoms with van der Waals surface area (Å²) >= 11 is 0. The van der Waals surface area contributed by atoms with Crippen LogP contribution in [0.15, 0.2) is 48.8 Å². The molecule has 0 radical (unpaired) electrons. The van der Waals surface area contributed by atoms with Gasteiger partial charge in [-0.25, -0.2) is 14.8 Å². The fourth-order valence-corrected chi connectivity index (χ4v) is 4.17. The van der Waals surface area contributed by atoms with Crippen LogP contribution in [-0.4, -0.2) is 42.1 Å². The zero-order chi connectivity index (χ0) is 22.9. The first-order valence-corrected chi connectivity index (χ1v) is 10.9. The first-order valence-electron chi connectivity index (χ1n) is 10.9. The SMILES string of the molecule is CCN1c2ncc(CCOc3cccc4c3CNC(=O)N4)cc2C(=O)N(C)c2cccnc21. The summed E-state index contributed by atoms with van der Waals surface area (Å²) in [5.41, 5.74) is 3.87. The third-order valence-corrected chi connectivity index (χ3v) is 5.87. The molecule has 0 saturated heterocycles. The summed E-state index contributed by atoms with van der Waals surface area (Å²) in [6.07, 6.45) is 4.09. The van der Waals surface area contributed by atoms with Gasteiger partial charge in [0.25, 0.3) is 5.91 Å². The number of carbonyl (C=O) groups is 2. The molecule has 2 aromatic heterocycles. The first-order chi connectivity index (χ1) is 16.1. The van der Waals surface area contributed by atoms with E-state index in [-0.39, 0.29) is 11.9 Å². The molecule has 2 aliphatic heterocycles. The molecule has 0 fully saturated rings. The average molecular weight is 444 g/mol. The van der Waals surface area contributed by atoms with Gasteiger partial charge in [-0.1, -0.05) is 6.07 Å². The van der Waals surface area contributed by atoms with Crippen LogP contribution < -0.4 is 25.2 Å². The lowest BCUT2D eigenvalue weighted by Crippen LogP contribution is -2.33. The van der Waals surface area contributed by atoms with Gasteiger partial charge in [-0.3, -0.25) is 4.79 Å². The molecule has 2 N–H and O–H groups in total. The fourth-order valence-electron chi connectivity index (χ4n) is 4.17. The number of rotatable bonds is 5. The highest BCUT2D eigenvalue weighted by Crippen LogP contribution is 2.37. The summed E-state index contributed by atoms with van der Waals surface area (Å²) in [4.78, 5) is 37.5. The molecular formula is C24H24N6O3. The van der Waals surface area contributed by atoms with Crippen LogP contribution in [0.5, 0.6) is 5.75 Å². The van der Waals surface area contributed by atoms with Crippen molar-refractivity contribution < 1.29 is 14.3 Å². The normalized spacial score (nSPS) is 14.5. The Balaban J connectivity index is 1.37. The molecule has 2 aliphatic rings. The number of urea groups is 1. The number of carbonyl (C=O) groups excluding carboxylic acids is 2. The van der Waals surface area contributed by atoms with E-state index in [2.05, 4.69) is 20.6 Å². The number of anilines is 4. The van der Waals surface area contributed by atoms with Crippen LogP contribution in [0.1, 0.15) is 28.4 Å². The number of pyridine rings is 2. The molecule has 3 aromatic rings. The highest BCUT2D eigenvalue weighted by atomic mass is 16.5. The van der Waals surface area contributed by atoms with Crippen molar-refractivity contribution >= 4 is 34.9 Å². The monoisotopic (exact) mass is 444 g/mol. The lowest BCUT2D eigenvalue weighted by Gasteiger charge is -2.22. The largest absolute Gasteiger partial charge is 0.493 e. The van der Waals surface area contributed by atoms with Crippen molar-refractivity contribution in [2.24, 2.45) is 0 Å². The number of nitrogens with one attached hydrogen (secondary N) is 2. The van der Waals surface area contributed by atoms with E-state index in [0.29, 0.717) is 43.3 Å². The second-order valence-corrected chi connectivity index (χ2v) is 7.86. The van der Waals surface area contributed by atoms with Gasteiger partial charge >= 0.3 is 6.03 Å². The fraction of sp³-hybridized carbons (Fsp3) is 0.250. The number of fused-ring (bicyclic) bond motifs is 3. The highest BCUT2D eigenvalue weighted by Gasteiger charge is 2.30. The van der Waals surface area contributed by atoms with E-state index in [1.165, 1.54) is 0 Å². The molecular weight excluding hydrogens is 420 g/mol. The van der Waals surface area contributed by atoms with Crippen molar-refractivity contribution in [3.05, 3.63) is 65.5 Å². The van der Waals surface area contributed by atoms with Gasteiger partial charge in [0.15, 0.2) is 5.82 Å². The topological polar surface area (TPSA) is 99.7 Å². The van der Waals surface area contributed by atoms with E-state index in [1.54, 1.807) is 24.3 Å². The van der Waals surface area contributed by atoms with Crippen LogP contribution >= 0.6 is 0 Å². The predicted octanol–water partition coefficient (Wildman–Crippen LogP) is 3.48. The molecule has 3 amide bonds. The van der Waals surface area contributed by atoms with E-state index >= 15 is 0 Å². The van der Waals surface area contributed by atoms with Gasteiger partial charge in [-0.2, -0.15) is 0 Å². The number of hydrogen-bond donors (Lipinski definition) is 2. The Morgan fingerprint density at radius 1 is 1.12 bits per heavy atom. The van der Waals surface area contributed by atoms with Gasteiger partial charge in [0.05, 0.1) is 30.1 Å². The summed E-state index contributed by atoms with van der Waals surface area (Å²) in [5, 5.41) is 5.54. The summed E-state index contributed by atoms with van der Waals surface area (Å²) in [6, 6.07) is 11.0. The van der Waals surface area contributed by atoms with Crippen molar-refractivity contribution in [2.45, 2.75) is 19.9 Å². The number of benzene rings is 1. The smallest absolute Gasteiger partial charge is 0.319 e. The Morgan fingerprint density at radius 3 is 2.85 bits per heavy atom. The Kier molecular flexibility index (Phi) is 5.29. The van der Waals surface area contributed by atoms with Gasteiger partial charge in [0.2, 0.25) is 0 Å². The Bertz CT molecular complexity index is 1240. The maximum Gasteiger partial charge on any atom is 0.319 e. The van der Waals surface area contributed by atoms with E-state index in [1.807, 2.05) is 48.2 Å². The van der Waals surface area contributed by atoms with Crippen molar-refractivity contribution in [3.63, 3.8) is 0 Å². The van der Waals surface area contributed by atoms with Crippen LogP contribution in [-0.2, 0) is 13.0 Å². The molecule has 0 atom stereocenters. The molecule has 0 spiro atoms. The molecule has 168 valence electrons. The average Bonchev–Trinajstić information content (AvgIpc) is 2.92. The summed E-state index contributed by atoms with van der Waals surface area (Å²) in [6.45, 7) is 3.48. The predicted molar refractivity (Wildman–Crippen MR) is 125 cm³/mol. The van der Waals surface area contributed by atoms with Crippen molar-refractivity contribution in [3.8, 4) is 5.75 Å². The second-order valence-electron chi connectivity index (χ2n) is 7.86. The minimum Gasteiger partial charge on any atom is -0.493 e. The second kappa shape index (κ2) is 8.42. The van der Waals surface area contributed by atoms with Gasteiger partial charge in [0, 0.05) is 38.0 Å².